The maximum Gasteiger partial charge on any atom is 0.235 e. The van der Waals surface area contributed by atoms with Gasteiger partial charge in [0.05, 0.1) is 10.7 Å². The second-order valence-electron chi connectivity index (χ2n) is 6.87. The summed E-state index contributed by atoms with van der Waals surface area (Å²) in [5, 5.41) is 20.5. The highest BCUT2D eigenvalue weighted by atomic mass is 35.5. The van der Waals surface area contributed by atoms with Crippen molar-refractivity contribution in [1.29, 1.82) is 0 Å². The summed E-state index contributed by atoms with van der Waals surface area (Å²) < 4.78 is 19.3. The smallest absolute Gasteiger partial charge is 0.235 e. The average molecular weight is 422 g/mol. The molecule has 2 heterocycles. The predicted molar refractivity (Wildman–Crippen MR) is 111 cm³/mol. The molecule has 1 aliphatic heterocycles. The zero-order chi connectivity index (χ0) is 21.0. The van der Waals surface area contributed by atoms with Gasteiger partial charge < -0.3 is 19.9 Å². The Bertz CT molecular complexity index is 1390. The number of H-pyrrole nitrogens is 1. The van der Waals surface area contributed by atoms with E-state index in [2.05, 4.69) is 4.98 Å². The molecular weight excluding hydrogens is 409 g/mol. The van der Waals surface area contributed by atoms with Crippen molar-refractivity contribution in [2.75, 3.05) is 0 Å². The highest BCUT2D eigenvalue weighted by molar-refractivity contribution is 6.31. The number of ether oxygens (including phenoxy) is 1. The Morgan fingerprint density at radius 3 is 2.67 bits per heavy atom. The molecule has 0 saturated heterocycles. The number of ketones is 1. The minimum Gasteiger partial charge on any atom is -0.508 e. The van der Waals surface area contributed by atoms with Crippen LogP contribution in [0.5, 0.6) is 17.2 Å². The first-order chi connectivity index (χ1) is 14.4. The normalized spacial score (nSPS) is 14.3. The van der Waals surface area contributed by atoms with Crippen LogP contribution in [-0.4, -0.2) is 21.0 Å². The van der Waals surface area contributed by atoms with Crippen LogP contribution in [0, 0.1) is 5.82 Å². The molecule has 5 rings (SSSR count). The largest absolute Gasteiger partial charge is 0.508 e. The number of phenolic OH excluding ortho intramolecular Hbond substituents is 2. The Morgan fingerprint density at radius 1 is 1.07 bits per heavy atom. The number of Topliss-reactive ketones (excluding diaryl/α,β-unsaturated/α-hetero) is 1. The van der Waals surface area contributed by atoms with Gasteiger partial charge in [-0.25, -0.2) is 4.39 Å². The Morgan fingerprint density at radius 2 is 1.87 bits per heavy atom. The second-order valence-corrected chi connectivity index (χ2v) is 7.27. The zero-order valence-corrected chi connectivity index (χ0v) is 16.0. The number of aromatic hydroxyl groups is 2. The van der Waals surface area contributed by atoms with Crippen LogP contribution in [0.1, 0.15) is 15.9 Å². The average Bonchev–Trinajstić information content (AvgIpc) is 3.22. The predicted octanol–water partition coefficient (Wildman–Crippen LogP) is 5.65. The second kappa shape index (κ2) is 6.64. The number of para-hydroxylation sites is 1. The molecule has 0 aliphatic carbocycles. The minimum atomic E-state index is -0.531. The van der Waals surface area contributed by atoms with Crippen molar-refractivity contribution in [1.82, 2.24) is 4.98 Å². The summed E-state index contributed by atoms with van der Waals surface area (Å²) in [6.07, 6.45) is 1.56. The summed E-state index contributed by atoms with van der Waals surface area (Å²) in [5.74, 6) is -1.54. The Balaban J connectivity index is 1.70. The highest BCUT2D eigenvalue weighted by Gasteiger charge is 2.32. The van der Waals surface area contributed by atoms with E-state index >= 15 is 0 Å². The van der Waals surface area contributed by atoms with Gasteiger partial charge in [0.2, 0.25) is 5.78 Å². The monoisotopic (exact) mass is 421 g/mol. The molecule has 7 heteroatoms. The first-order valence-corrected chi connectivity index (χ1v) is 9.36. The molecule has 5 nitrogen and oxygen atoms in total. The van der Waals surface area contributed by atoms with Crippen LogP contribution in [0.25, 0.3) is 28.2 Å². The van der Waals surface area contributed by atoms with Crippen molar-refractivity contribution in [2.24, 2.45) is 0 Å². The standard InChI is InChI=1S/C23H13ClFNO4/c24-15-7-11(5-6-16(15)25)22-14(13-3-1-2-4-17(13)26-22)10-20-23(29)21-18(28)8-12(27)9-19(21)30-20/h1-10,26-28H/b20-10-. The van der Waals surface area contributed by atoms with Gasteiger partial charge in [0.15, 0.2) is 5.76 Å². The Hall–Kier alpha value is -3.77. The van der Waals surface area contributed by atoms with Crippen LogP contribution in [0.2, 0.25) is 5.02 Å². The number of allylic oxidation sites excluding steroid dienone is 1. The van der Waals surface area contributed by atoms with E-state index in [1.165, 1.54) is 18.2 Å². The van der Waals surface area contributed by atoms with Gasteiger partial charge in [0, 0.05) is 34.2 Å². The lowest BCUT2D eigenvalue weighted by Crippen LogP contribution is -1.98. The summed E-state index contributed by atoms with van der Waals surface area (Å²) in [6.45, 7) is 0. The molecule has 0 fully saturated rings. The number of carbonyl (C=O) groups is 1. The Labute approximate surface area is 174 Å². The van der Waals surface area contributed by atoms with E-state index in [1.54, 1.807) is 12.1 Å². The van der Waals surface area contributed by atoms with Gasteiger partial charge in [-0.2, -0.15) is 0 Å². The molecule has 0 spiro atoms. The SMILES string of the molecule is O=C1/C(=C/c2c(-c3ccc(F)c(Cl)c3)[nH]c3ccccc23)Oc2cc(O)cc(O)c21. The van der Waals surface area contributed by atoms with Crippen LogP contribution < -0.4 is 4.74 Å². The number of hydrogen-bond acceptors (Lipinski definition) is 4. The van der Waals surface area contributed by atoms with Gasteiger partial charge in [-0.05, 0) is 30.3 Å². The molecule has 1 aromatic heterocycles. The summed E-state index contributed by atoms with van der Waals surface area (Å²) in [7, 11) is 0. The molecule has 0 saturated carbocycles. The molecule has 30 heavy (non-hydrogen) atoms. The van der Waals surface area contributed by atoms with Crippen molar-refractivity contribution < 1.29 is 24.1 Å². The minimum absolute atomic E-state index is 0.00901. The summed E-state index contributed by atoms with van der Waals surface area (Å²) in [5.41, 5.74) is 2.71. The first-order valence-electron chi connectivity index (χ1n) is 8.98. The van der Waals surface area contributed by atoms with Crippen molar-refractivity contribution >= 4 is 34.4 Å². The number of benzene rings is 3. The number of rotatable bonds is 2. The number of aromatic amines is 1. The van der Waals surface area contributed by atoms with E-state index in [1.807, 2.05) is 24.3 Å². The van der Waals surface area contributed by atoms with Crippen LogP contribution >= 0.6 is 11.6 Å². The molecule has 0 unspecified atom stereocenters. The van der Waals surface area contributed by atoms with E-state index in [0.29, 0.717) is 16.8 Å². The van der Waals surface area contributed by atoms with Crippen molar-refractivity contribution in [3.05, 3.63) is 82.3 Å². The fourth-order valence-electron chi connectivity index (χ4n) is 3.60. The molecule has 4 aromatic rings. The number of phenols is 2. The lowest BCUT2D eigenvalue weighted by molar-refractivity contribution is 0.101. The molecule has 3 N–H and O–H groups in total. The number of carbonyl (C=O) groups excluding carboxylic acids is 1. The number of fused-ring (bicyclic) bond motifs is 2. The maximum absolute atomic E-state index is 13.7. The molecular formula is C23H13ClFNO4. The number of aromatic nitrogens is 1. The van der Waals surface area contributed by atoms with Crippen LogP contribution in [0.4, 0.5) is 4.39 Å². The van der Waals surface area contributed by atoms with E-state index < -0.39 is 11.6 Å². The van der Waals surface area contributed by atoms with E-state index in [0.717, 1.165) is 17.0 Å². The molecule has 3 aromatic carbocycles. The van der Waals surface area contributed by atoms with Crippen LogP contribution in [0.15, 0.2) is 60.4 Å². The highest BCUT2D eigenvalue weighted by Crippen LogP contribution is 2.42. The van der Waals surface area contributed by atoms with Gasteiger partial charge in [0.1, 0.15) is 28.6 Å². The van der Waals surface area contributed by atoms with Gasteiger partial charge in [-0.3, -0.25) is 4.79 Å². The number of halogens is 2. The molecule has 1 aliphatic rings. The first kappa shape index (κ1) is 18.3. The van der Waals surface area contributed by atoms with Crippen molar-refractivity contribution in [3.63, 3.8) is 0 Å². The van der Waals surface area contributed by atoms with Crippen molar-refractivity contribution in [3.8, 4) is 28.5 Å². The van der Waals surface area contributed by atoms with E-state index in [4.69, 9.17) is 16.3 Å². The fourth-order valence-corrected chi connectivity index (χ4v) is 3.78. The maximum atomic E-state index is 13.7. The lowest BCUT2D eigenvalue weighted by atomic mass is 10.0. The Kier molecular flexibility index (Phi) is 4.04. The van der Waals surface area contributed by atoms with E-state index in [9.17, 15) is 19.4 Å². The summed E-state index contributed by atoms with van der Waals surface area (Å²) >= 11 is 5.97. The topological polar surface area (TPSA) is 82.6 Å². The van der Waals surface area contributed by atoms with Gasteiger partial charge in [-0.1, -0.05) is 29.8 Å². The summed E-state index contributed by atoms with van der Waals surface area (Å²) in [6, 6.07) is 14.2. The van der Waals surface area contributed by atoms with Gasteiger partial charge in [0.25, 0.3) is 0 Å². The molecule has 148 valence electrons. The third kappa shape index (κ3) is 2.81. The summed E-state index contributed by atoms with van der Waals surface area (Å²) in [4.78, 5) is 16.1. The van der Waals surface area contributed by atoms with E-state index in [-0.39, 0.29) is 33.6 Å². The van der Waals surface area contributed by atoms with Crippen LogP contribution in [0.3, 0.4) is 0 Å². The fraction of sp³-hybridized carbons (Fsp3) is 0. The third-order valence-corrected chi connectivity index (χ3v) is 5.26. The van der Waals surface area contributed by atoms with Crippen LogP contribution in [-0.2, 0) is 0 Å². The molecule has 0 bridgehead atoms. The molecule has 0 atom stereocenters. The molecule has 0 radical (unpaired) electrons. The zero-order valence-electron chi connectivity index (χ0n) is 15.2. The van der Waals surface area contributed by atoms with Crippen molar-refractivity contribution in [2.45, 2.75) is 0 Å². The van der Waals surface area contributed by atoms with Gasteiger partial charge >= 0.3 is 0 Å². The lowest BCUT2D eigenvalue weighted by Gasteiger charge is -2.04. The number of hydrogen-bond donors (Lipinski definition) is 3. The third-order valence-electron chi connectivity index (χ3n) is 4.97. The number of nitrogens with one attached hydrogen (secondary N) is 1. The van der Waals surface area contributed by atoms with Gasteiger partial charge in [-0.15, -0.1) is 0 Å². The molecule has 0 amide bonds. The quantitative estimate of drug-likeness (QED) is 0.365.